The minimum absolute atomic E-state index is 0.0224. The SMILES string of the molecule is CC(C)(C)O.Cc1cc2ccccc2c(-c2ccc3c4c(ccnc24)CCO3)c1CC(=O)O. The molecule has 0 amide bonds. The molecule has 2 N–H and O–H groups in total. The molecule has 0 unspecified atom stereocenters. The molecule has 0 bridgehead atoms. The highest BCUT2D eigenvalue weighted by Crippen LogP contribution is 2.42. The molecule has 0 spiro atoms. The summed E-state index contributed by atoms with van der Waals surface area (Å²) < 4.78 is 5.86. The van der Waals surface area contributed by atoms with E-state index < -0.39 is 11.6 Å². The van der Waals surface area contributed by atoms with Crippen LogP contribution in [0.4, 0.5) is 0 Å². The first-order valence-corrected chi connectivity index (χ1v) is 11.1. The van der Waals surface area contributed by atoms with Crippen LogP contribution in [0.2, 0.25) is 0 Å². The van der Waals surface area contributed by atoms with Crippen LogP contribution in [0, 0.1) is 6.92 Å². The summed E-state index contributed by atoms with van der Waals surface area (Å²) in [6, 6.07) is 16.2. The molecule has 0 radical (unpaired) electrons. The lowest BCUT2D eigenvalue weighted by Gasteiger charge is -2.21. The zero-order chi connectivity index (χ0) is 23.8. The Morgan fingerprint density at radius 2 is 1.85 bits per heavy atom. The van der Waals surface area contributed by atoms with E-state index in [2.05, 4.69) is 18.2 Å². The lowest BCUT2D eigenvalue weighted by atomic mass is 9.87. The monoisotopic (exact) mass is 443 g/mol. The summed E-state index contributed by atoms with van der Waals surface area (Å²) in [4.78, 5) is 16.3. The van der Waals surface area contributed by atoms with Gasteiger partial charge in [-0.25, -0.2) is 0 Å². The highest BCUT2D eigenvalue weighted by Gasteiger charge is 2.21. The Morgan fingerprint density at radius 3 is 2.58 bits per heavy atom. The van der Waals surface area contributed by atoms with Gasteiger partial charge in [0.05, 0.1) is 24.1 Å². The summed E-state index contributed by atoms with van der Waals surface area (Å²) in [7, 11) is 0. The second-order valence-electron chi connectivity index (χ2n) is 9.41. The Morgan fingerprint density at radius 1 is 1.12 bits per heavy atom. The van der Waals surface area contributed by atoms with E-state index in [-0.39, 0.29) is 6.42 Å². The van der Waals surface area contributed by atoms with Gasteiger partial charge in [0.25, 0.3) is 0 Å². The van der Waals surface area contributed by atoms with Crippen molar-refractivity contribution in [2.45, 2.75) is 46.1 Å². The Hall–Kier alpha value is -3.44. The number of hydrogen-bond donors (Lipinski definition) is 2. The van der Waals surface area contributed by atoms with Gasteiger partial charge in [0, 0.05) is 23.6 Å². The number of carboxylic acids is 1. The molecule has 4 aromatic rings. The average Bonchev–Trinajstić information content (AvgIpc) is 2.74. The first kappa shape index (κ1) is 22.7. The third kappa shape index (κ3) is 4.83. The number of fused-ring (bicyclic) bond motifs is 1. The predicted molar refractivity (Wildman–Crippen MR) is 132 cm³/mol. The van der Waals surface area contributed by atoms with Gasteiger partial charge in [-0.1, -0.05) is 30.3 Å². The summed E-state index contributed by atoms with van der Waals surface area (Å²) in [6.07, 6.45) is 2.67. The van der Waals surface area contributed by atoms with E-state index in [1.807, 2.05) is 43.5 Å². The van der Waals surface area contributed by atoms with Gasteiger partial charge in [-0.05, 0) is 78.9 Å². The molecule has 0 fully saturated rings. The van der Waals surface area contributed by atoms with Crippen molar-refractivity contribution in [2.75, 3.05) is 6.61 Å². The number of rotatable bonds is 3. The largest absolute Gasteiger partial charge is 0.493 e. The minimum Gasteiger partial charge on any atom is -0.493 e. The molecular formula is C28H29NO4. The number of ether oxygens (including phenoxy) is 1. The van der Waals surface area contributed by atoms with Crippen molar-refractivity contribution in [3.8, 4) is 16.9 Å². The van der Waals surface area contributed by atoms with Crippen molar-refractivity contribution in [2.24, 2.45) is 0 Å². The van der Waals surface area contributed by atoms with E-state index in [0.29, 0.717) is 6.61 Å². The summed E-state index contributed by atoms with van der Waals surface area (Å²) in [5, 5.41) is 21.3. The summed E-state index contributed by atoms with van der Waals surface area (Å²) in [5.74, 6) is 0.0171. The van der Waals surface area contributed by atoms with Crippen molar-refractivity contribution in [3.05, 3.63) is 71.4 Å². The van der Waals surface area contributed by atoms with Crippen LogP contribution in [0.5, 0.6) is 5.75 Å². The maximum atomic E-state index is 11.6. The Labute approximate surface area is 193 Å². The maximum absolute atomic E-state index is 11.6. The van der Waals surface area contributed by atoms with E-state index in [9.17, 15) is 9.90 Å². The van der Waals surface area contributed by atoms with Crippen LogP contribution in [-0.4, -0.2) is 33.4 Å². The zero-order valence-electron chi connectivity index (χ0n) is 19.5. The first-order chi connectivity index (χ1) is 15.6. The molecule has 1 aliphatic rings. The molecule has 0 saturated carbocycles. The number of pyridine rings is 1. The van der Waals surface area contributed by atoms with E-state index in [1.165, 1.54) is 5.56 Å². The quantitative estimate of drug-likeness (QED) is 0.424. The van der Waals surface area contributed by atoms with Crippen LogP contribution in [0.3, 0.4) is 0 Å². The number of aryl methyl sites for hydroxylation is 1. The predicted octanol–water partition coefficient (Wildman–Crippen LogP) is 5.70. The summed E-state index contributed by atoms with van der Waals surface area (Å²) in [6.45, 7) is 7.88. The van der Waals surface area contributed by atoms with Crippen LogP contribution in [0.25, 0.3) is 32.8 Å². The van der Waals surface area contributed by atoms with Crippen molar-refractivity contribution in [1.29, 1.82) is 0 Å². The molecule has 0 aliphatic carbocycles. The van der Waals surface area contributed by atoms with Gasteiger partial charge >= 0.3 is 5.97 Å². The maximum Gasteiger partial charge on any atom is 0.307 e. The number of aliphatic carboxylic acids is 1. The van der Waals surface area contributed by atoms with Crippen LogP contribution in [0.15, 0.2) is 54.7 Å². The molecule has 170 valence electrons. The van der Waals surface area contributed by atoms with Gasteiger partial charge in [0.15, 0.2) is 0 Å². The van der Waals surface area contributed by atoms with E-state index in [0.717, 1.165) is 56.1 Å². The minimum atomic E-state index is -0.835. The number of hydrogen-bond acceptors (Lipinski definition) is 4. The molecule has 1 aliphatic heterocycles. The van der Waals surface area contributed by atoms with E-state index >= 15 is 0 Å². The molecule has 33 heavy (non-hydrogen) atoms. The smallest absolute Gasteiger partial charge is 0.307 e. The fourth-order valence-corrected chi connectivity index (χ4v) is 4.32. The molecule has 0 atom stereocenters. The highest BCUT2D eigenvalue weighted by molar-refractivity contribution is 6.08. The molecule has 5 nitrogen and oxygen atoms in total. The molecule has 1 aromatic heterocycles. The van der Waals surface area contributed by atoms with Crippen LogP contribution >= 0.6 is 0 Å². The number of benzene rings is 3. The fraction of sp³-hybridized carbons (Fsp3) is 0.286. The Balaban J connectivity index is 0.000000471. The van der Waals surface area contributed by atoms with Crippen molar-refractivity contribution < 1.29 is 19.7 Å². The summed E-state index contributed by atoms with van der Waals surface area (Å²) in [5.41, 5.74) is 5.34. The standard InChI is InChI=1S/C24H19NO3.C4H10O/c1-14-12-16-4-2-3-5-17(16)23(19(14)13-21(26)27)18-6-7-20-22-15(9-11-28-20)8-10-25-24(18)22;1-4(2,3)5/h2-8,10,12H,9,11,13H2,1H3,(H,26,27);5H,1-3H3. The van der Waals surface area contributed by atoms with Gasteiger partial charge < -0.3 is 14.9 Å². The van der Waals surface area contributed by atoms with Crippen molar-refractivity contribution in [3.63, 3.8) is 0 Å². The van der Waals surface area contributed by atoms with Gasteiger partial charge in [0.1, 0.15) is 5.75 Å². The lowest BCUT2D eigenvalue weighted by molar-refractivity contribution is -0.136. The van der Waals surface area contributed by atoms with Gasteiger partial charge in [-0.3, -0.25) is 9.78 Å². The van der Waals surface area contributed by atoms with Crippen LogP contribution in [0.1, 0.15) is 37.5 Å². The van der Waals surface area contributed by atoms with Crippen molar-refractivity contribution in [1.82, 2.24) is 4.98 Å². The summed E-state index contributed by atoms with van der Waals surface area (Å²) >= 11 is 0. The fourth-order valence-electron chi connectivity index (χ4n) is 4.32. The van der Waals surface area contributed by atoms with Gasteiger partial charge in [-0.15, -0.1) is 0 Å². The number of carbonyl (C=O) groups is 1. The lowest BCUT2D eigenvalue weighted by Crippen LogP contribution is -2.10. The normalized spacial score (nSPS) is 12.8. The van der Waals surface area contributed by atoms with Crippen LogP contribution in [-0.2, 0) is 17.6 Å². The third-order valence-corrected chi connectivity index (χ3v) is 5.55. The van der Waals surface area contributed by atoms with E-state index in [4.69, 9.17) is 14.8 Å². The molecule has 3 aromatic carbocycles. The number of aromatic nitrogens is 1. The zero-order valence-corrected chi connectivity index (χ0v) is 19.5. The topological polar surface area (TPSA) is 79.7 Å². The van der Waals surface area contributed by atoms with Crippen molar-refractivity contribution >= 4 is 27.6 Å². The average molecular weight is 444 g/mol. The molecular weight excluding hydrogens is 414 g/mol. The Bertz CT molecular complexity index is 1340. The highest BCUT2D eigenvalue weighted by atomic mass is 16.5. The van der Waals surface area contributed by atoms with Crippen LogP contribution < -0.4 is 4.74 Å². The van der Waals surface area contributed by atoms with E-state index in [1.54, 1.807) is 20.8 Å². The second kappa shape index (κ2) is 8.83. The first-order valence-electron chi connectivity index (χ1n) is 11.1. The number of carboxylic acid groups (broad SMARTS) is 1. The van der Waals surface area contributed by atoms with Gasteiger partial charge in [0.2, 0.25) is 0 Å². The molecule has 5 rings (SSSR count). The molecule has 0 saturated heterocycles. The third-order valence-electron chi connectivity index (χ3n) is 5.55. The second-order valence-corrected chi connectivity index (χ2v) is 9.41. The molecule has 5 heteroatoms. The molecule has 2 heterocycles. The Kier molecular flexibility index (Phi) is 6.09. The number of nitrogens with zero attached hydrogens (tertiary/aromatic N) is 1. The number of aliphatic hydroxyl groups is 1. The van der Waals surface area contributed by atoms with Gasteiger partial charge in [-0.2, -0.15) is 0 Å².